The molecule has 5 nitrogen and oxygen atoms in total. The maximum Gasteiger partial charge on any atom is 0.431 e. The van der Waals surface area contributed by atoms with Gasteiger partial charge in [-0.05, 0) is 6.07 Å². The van der Waals surface area contributed by atoms with Crippen LogP contribution in [-0.2, 0) is 17.5 Å². The normalized spacial score (nSPS) is 17.3. The molecule has 0 spiro atoms. The lowest BCUT2D eigenvalue weighted by atomic mass is 10.3. The van der Waals surface area contributed by atoms with Crippen LogP contribution in [0, 0.1) is 0 Å². The summed E-state index contributed by atoms with van der Waals surface area (Å²) in [6.45, 7) is 3.33. The maximum atomic E-state index is 13.2. The first-order valence-electron chi connectivity index (χ1n) is 6.84. The molecule has 3 rings (SSSR count). The molecular formula is C13H14ClF3N4O. The van der Waals surface area contributed by atoms with E-state index in [9.17, 15) is 13.2 Å². The second-order valence-electron chi connectivity index (χ2n) is 5.03. The Morgan fingerprint density at radius 3 is 2.59 bits per heavy atom. The van der Waals surface area contributed by atoms with E-state index in [1.807, 2.05) is 0 Å². The minimum atomic E-state index is -4.46. The largest absolute Gasteiger partial charge is 0.431 e. The predicted octanol–water partition coefficient (Wildman–Crippen LogP) is 2.44. The van der Waals surface area contributed by atoms with Crippen LogP contribution in [0.1, 0.15) is 5.69 Å². The smallest absolute Gasteiger partial charge is 0.379 e. The molecule has 120 valence electrons. The van der Waals surface area contributed by atoms with Crippen LogP contribution in [0.4, 0.5) is 13.2 Å². The summed E-state index contributed by atoms with van der Waals surface area (Å²) in [5, 5.41) is 0.249. The fraction of sp³-hybridized carbons (Fsp3) is 0.538. The van der Waals surface area contributed by atoms with Crippen LogP contribution >= 0.6 is 11.6 Å². The van der Waals surface area contributed by atoms with E-state index in [-0.39, 0.29) is 22.7 Å². The quantitative estimate of drug-likeness (QED) is 0.809. The minimum absolute atomic E-state index is 0.0284. The Balaban J connectivity index is 1.93. The van der Waals surface area contributed by atoms with Gasteiger partial charge in [0.2, 0.25) is 0 Å². The summed E-state index contributed by atoms with van der Waals surface area (Å²) in [4.78, 5) is 9.77. The summed E-state index contributed by atoms with van der Waals surface area (Å²) in [6.07, 6.45) is -3.29. The van der Waals surface area contributed by atoms with Gasteiger partial charge in [-0.15, -0.1) is 0 Å². The first-order chi connectivity index (χ1) is 10.5. The monoisotopic (exact) mass is 334 g/mol. The molecule has 3 heterocycles. The first kappa shape index (κ1) is 15.5. The highest BCUT2D eigenvalue weighted by Crippen LogP contribution is 2.35. The molecule has 9 heteroatoms. The molecule has 1 saturated heterocycles. The average molecular weight is 335 g/mol. The van der Waals surface area contributed by atoms with Gasteiger partial charge < -0.3 is 9.30 Å². The maximum absolute atomic E-state index is 13.2. The molecule has 1 aliphatic rings. The van der Waals surface area contributed by atoms with E-state index >= 15 is 0 Å². The molecule has 0 saturated carbocycles. The molecule has 0 N–H and O–H groups in total. The molecule has 0 radical (unpaired) electrons. The van der Waals surface area contributed by atoms with E-state index < -0.39 is 11.9 Å². The van der Waals surface area contributed by atoms with Gasteiger partial charge in [-0.25, -0.2) is 9.97 Å². The summed E-state index contributed by atoms with van der Waals surface area (Å²) < 4.78 is 46.1. The van der Waals surface area contributed by atoms with Crippen molar-refractivity contribution in [2.45, 2.75) is 12.7 Å². The Kier molecular flexibility index (Phi) is 4.24. The van der Waals surface area contributed by atoms with E-state index in [2.05, 4.69) is 14.9 Å². The lowest BCUT2D eigenvalue weighted by Crippen LogP contribution is -2.38. The highest BCUT2D eigenvalue weighted by molar-refractivity contribution is 6.33. The SMILES string of the molecule is FC(F)(F)c1cc2c(Cl)ncnc2n1CCN1CCOCC1. The number of hydrogen-bond donors (Lipinski definition) is 0. The number of ether oxygens (including phenoxy) is 1. The van der Waals surface area contributed by atoms with Crippen LogP contribution in [0.15, 0.2) is 12.4 Å². The molecule has 0 bridgehead atoms. The average Bonchev–Trinajstić information content (AvgIpc) is 2.86. The molecule has 0 unspecified atom stereocenters. The van der Waals surface area contributed by atoms with E-state index in [0.717, 1.165) is 19.2 Å². The molecule has 1 fully saturated rings. The van der Waals surface area contributed by atoms with Gasteiger partial charge in [-0.1, -0.05) is 11.6 Å². The highest BCUT2D eigenvalue weighted by atomic mass is 35.5. The number of rotatable bonds is 3. The standard InChI is InChI=1S/C13H14ClF3N4O/c14-11-9-7-10(13(15,16)17)21(12(9)19-8-18-11)2-1-20-3-5-22-6-4-20/h7-8H,1-6H2. The number of hydrogen-bond acceptors (Lipinski definition) is 4. The number of alkyl halides is 3. The van der Waals surface area contributed by atoms with Crippen LogP contribution in [0.5, 0.6) is 0 Å². The van der Waals surface area contributed by atoms with Crippen LogP contribution in [0.25, 0.3) is 11.0 Å². The second kappa shape index (κ2) is 6.02. The third kappa shape index (κ3) is 3.04. The van der Waals surface area contributed by atoms with Gasteiger partial charge in [0.1, 0.15) is 22.8 Å². The highest BCUT2D eigenvalue weighted by Gasteiger charge is 2.36. The molecule has 2 aromatic rings. The summed E-state index contributed by atoms with van der Waals surface area (Å²) >= 11 is 5.88. The Morgan fingerprint density at radius 1 is 1.18 bits per heavy atom. The second-order valence-corrected chi connectivity index (χ2v) is 5.39. The van der Waals surface area contributed by atoms with Crippen LogP contribution < -0.4 is 0 Å². The Labute approximate surface area is 129 Å². The summed E-state index contributed by atoms with van der Waals surface area (Å²) in [7, 11) is 0. The van der Waals surface area contributed by atoms with E-state index in [1.165, 1.54) is 10.9 Å². The van der Waals surface area contributed by atoms with Crippen molar-refractivity contribution in [1.29, 1.82) is 0 Å². The predicted molar refractivity (Wildman–Crippen MR) is 74.8 cm³/mol. The molecule has 0 aromatic carbocycles. The third-order valence-electron chi connectivity index (χ3n) is 3.68. The molecule has 0 aliphatic carbocycles. The number of aromatic nitrogens is 3. The van der Waals surface area contributed by atoms with Gasteiger partial charge in [-0.2, -0.15) is 13.2 Å². The molecule has 2 aromatic heterocycles. The van der Waals surface area contributed by atoms with E-state index in [0.29, 0.717) is 19.8 Å². The fourth-order valence-electron chi connectivity index (χ4n) is 2.56. The number of halogens is 4. The Bertz CT molecular complexity index is 667. The van der Waals surface area contributed by atoms with Crippen molar-refractivity contribution in [3.8, 4) is 0 Å². The van der Waals surface area contributed by atoms with Crippen molar-refractivity contribution in [3.63, 3.8) is 0 Å². The summed E-state index contributed by atoms with van der Waals surface area (Å²) in [6, 6.07) is 1.01. The zero-order chi connectivity index (χ0) is 15.7. The van der Waals surface area contributed by atoms with Crippen molar-refractivity contribution in [2.24, 2.45) is 0 Å². The van der Waals surface area contributed by atoms with Gasteiger partial charge in [0.05, 0.1) is 18.6 Å². The Hall–Kier alpha value is -1.38. The van der Waals surface area contributed by atoms with Crippen LogP contribution in [-0.4, -0.2) is 52.3 Å². The molecule has 1 aliphatic heterocycles. The minimum Gasteiger partial charge on any atom is -0.379 e. The lowest BCUT2D eigenvalue weighted by Gasteiger charge is -2.27. The van der Waals surface area contributed by atoms with Gasteiger partial charge >= 0.3 is 6.18 Å². The zero-order valence-electron chi connectivity index (χ0n) is 11.6. The summed E-state index contributed by atoms with van der Waals surface area (Å²) in [5.41, 5.74) is -0.543. The lowest BCUT2D eigenvalue weighted by molar-refractivity contribution is -0.143. The number of morpholine rings is 1. The zero-order valence-corrected chi connectivity index (χ0v) is 12.4. The Morgan fingerprint density at radius 2 is 1.91 bits per heavy atom. The van der Waals surface area contributed by atoms with E-state index in [4.69, 9.17) is 16.3 Å². The van der Waals surface area contributed by atoms with Crippen LogP contribution in [0.2, 0.25) is 5.15 Å². The van der Waals surface area contributed by atoms with Crippen molar-refractivity contribution < 1.29 is 17.9 Å². The molecule has 22 heavy (non-hydrogen) atoms. The summed E-state index contributed by atoms with van der Waals surface area (Å²) in [5.74, 6) is 0. The fourth-order valence-corrected chi connectivity index (χ4v) is 2.74. The topological polar surface area (TPSA) is 43.2 Å². The van der Waals surface area contributed by atoms with Gasteiger partial charge in [-0.3, -0.25) is 4.90 Å². The third-order valence-corrected chi connectivity index (χ3v) is 3.98. The number of nitrogens with zero attached hydrogens (tertiary/aromatic N) is 4. The van der Waals surface area contributed by atoms with Crippen molar-refractivity contribution in [1.82, 2.24) is 19.4 Å². The van der Waals surface area contributed by atoms with Crippen molar-refractivity contribution >= 4 is 22.6 Å². The first-order valence-corrected chi connectivity index (χ1v) is 7.21. The van der Waals surface area contributed by atoms with E-state index in [1.54, 1.807) is 0 Å². The van der Waals surface area contributed by atoms with Gasteiger partial charge in [0.25, 0.3) is 0 Å². The van der Waals surface area contributed by atoms with Crippen molar-refractivity contribution in [3.05, 3.63) is 23.2 Å². The van der Waals surface area contributed by atoms with Gasteiger partial charge in [0.15, 0.2) is 0 Å². The molecule has 0 atom stereocenters. The van der Waals surface area contributed by atoms with Crippen molar-refractivity contribution in [2.75, 3.05) is 32.8 Å². The molecular weight excluding hydrogens is 321 g/mol. The van der Waals surface area contributed by atoms with Gasteiger partial charge in [0, 0.05) is 26.2 Å². The van der Waals surface area contributed by atoms with Crippen LogP contribution in [0.3, 0.4) is 0 Å². The molecule has 0 amide bonds. The number of fused-ring (bicyclic) bond motifs is 1.